The van der Waals surface area contributed by atoms with Crippen molar-refractivity contribution in [3.63, 3.8) is 0 Å². The zero-order chi connectivity index (χ0) is 10.1. The molecule has 0 aromatic heterocycles. The topological polar surface area (TPSA) is 38.8 Å². The fraction of sp³-hybridized carbons (Fsp3) is 0.364. The van der Waals surface area contributed by atoms with E-state index in [1.807, 2.05) is 31.2 Å². The molecule has 1 aromatic rings. The van der Waals surface area contributed by atoms with Crippen LogP contribution in [0.25, 0.3) is 0 Å². The quantitative estimate of drug-likeness (QED) is 0.527. The molecule has 0 bridgehead atoms. The number of benzene rings is 1. The molecule has 0 radical (unpaired) electrons. The van der Waals surface area contributed by atoms with Crippen molar-refractivity contribution < 1.29 is 14.3 Å². The maximum Gasteiger partial charge on any atom is 0.338 e. The zero-order valence-corrected chi connectivity index (χ0v) is 8.19. The highest BCUT2D eigenvalue weighted by molar-refractivity contribution is 5.78. The van der Waals surface area contributed by atoms with Gasteiger partial charge in [0.05, 0.1) is 7.11 Å². The lowest BCUT2D eigenvalue weighted by Gasteiger charge is -1.96. The van der Waals surface area contributed by atoms with Crippen LogP contribution in [0, 0.1) is 6.92 Å². The minimum absolute atomic E-state index is 0.108. The molecule has 1 heterocycles. The molecule has 1 aromatic carbocycles. The second-order valence-electron chi connectivity index (χ2n) is 3.41. The maximum atomic E-state index is 11.1. The molecular formula is C11H12O3. The van der Waals surface area contributed by atoms with Gasteiger partial charge in [0.25, 0.3) is 0 Å². The van der Waals surface area contributed by atoms with Gasteiger partial charge in [-0.1, -0.05) is 29.8 Å². The number of aryl methyl sites for hydroxylation is 1. The fourth-order valence-corrected chi connectivity index (χ4v) is 1.42. The Balaban J connectivity index is 2.06. The Kier molecular flexibility index (Phi) is 2.25. The molecule has 0 N–H and O–H groups in total. The summed E-state index contributed by atoms with van der Waals surface area (Å²) in [5, 5.41) is 0. The Morgan fingerprint density at radius 3 is 2.57 bits per heavy atom. The van der Waals surface area contributed by atoms with Gasteiger partial charge < -0.3 is 9.47 Å². The zero-order valence-electron chi connectivity index (χ0n) is 8.19. The molecule has 3 nitrogen and oxygen atoms in total. The van der Waals surface area contributed by atoms with Crippen molar-refractivity contribution in [2.75, 3.05) is 7.11 Å². The summed E-state index contributed by atoms with van der Waals surface area (Å²) in [5.74, 6) is -0.296. The highest BCUT2D eigenvalue weighted by Crippen LogP contribution is 2.39. The monoisotopic (exact) mass is 192 g/mol. The Hall–Kier alpha value is -1.35. The van der Waals surface area contributed by atoms with E-state index in [1.165, 1.54) is 12.7 Å². The van der Waals surface area contributed by atoms with Gasteiger partial charge in [-0.25, -0.2) is 4.79 Å². The van der Waals surface area contributed by atoms with Gasteiger partial charge in [0.15, 0.2) is 6.10 Å². The molecule has 2 rings (SSSR count). The van der Waals surface area contributed by atoms with E-state index in [0.717, 1.165) is 5.56 Å². The van der Waals surface area contributed by atoms with Crippen molar-refractivity contribution in [3.05, 3.63) is 35.4 Å². The van der Waals surface area contributed by atoms with Gasteiger partial charge in [0, 0.05) is 0 Å². The van der Waals surface area contributed by atoms with Gasteiger partial charge in [0.2, 0.25) is 0 Å². The summed E-state index contributed by atoms with van der Waals surface area (Å²) >= 11 is 0. The SMILES string of the molecule is COC(=O)[C@H]1O[C@H]1c1ccc(C)cc1. The van der Waals surface area contributed by atoms with Crippen LogP contribution < -0.4 is 0 Å². The Morgan fingerprint density at radius 2 is 2.00 bits per heavy atom. The normalized spacial score (nSPS) is 24.4. The lowest BCUT2D eigenvalue weighted by atomic mass is 10.1. The van der Waals surface area contributed by atoms with Crippen molar-refractivity contribution in [1.82, 2.24) is 0 Å². The van der Waals surface area contributed by atoms with E-state index in [1.54, 1.807) is 0 Å². The highest BCUT2D eigenvalue weighted by atomic mass is 16.6. The molecule has 0 aliphatic carbocycles. The first-order valence-corrected chi connectivity index (χ1v) is 4.52. The fourth-order valence-electron chi connectivity index (χ4n) is 1.42. The number of methoxy groups -OCH3 is 1. The summed E-state index contributed by atoms with van der Waals surface area (Å²) in [5.41, 5.74) is 2.23. The van der Waals surface area contributed by atoms with Crippen molar-refractivity contribution in [2.24, 2.45) is 0 Å². The third-order valence-electron chi connectivity index (χ3n) is 2.33. The van der Waals surface area contributed by atoms with Crippen LogP contribution in [-0.4, -0.2) is 19.2 Å². The van der Waals surface area contributed by atoms with Crippen LogP contribution in [0.2, 0.25) is 0 Å². The summed E-state index contributed by atoms with van der Waals surface area (Å²) in [7, 11) is 1.37. The third-order valence-corrected chi connectivity index (χ3v) is 2.33. The van der Waals surface area contributed by atoms with Gasteiger partial charge in [-0.15, -0.1) is 0 Å². The number of carbonyl (C=O) groups excluding carboxylic acids is 1. The number of epoxide rings is 1. The largest absolute Gasteiger partial charge is 0.467 e. The second-order valence-corrected chi connectivity index (χ2v) is 3.41. The van der Waals surface area contributed by atoms with Crippen LogP contribution in [0.3, 0.4) is 0 Å². The van der Waals surface area contributed by atoms with Gasteiger partial charge in [-0.05, 0) is 12.5 Å². The molecule has 0 amide bonds. The van der Waals surface area contributed by atoms with Crippen LogP contribution >= 0.6 is 0 Å². The molecule has 0 spiro atoms. The van der Waals surface area contributed by atoms with Crippen LogP contribution in [0.1, 0.15) is 17.2 Å². The minimum Gasteiger partial charge on any atom is -0.467 e. The second kappa shape index (κ2) is 3.42. The molecule has 1 saturated heterocycles. The van der Waals surface area contributed by atoms with Crippen LogP contribution in [0.4, 0.5) is 0 Å². The first kappa shape index (κ1) is 9.21. The van der Waals surface area contributed by atoms with E-state index in [9.17, 15) is 4.79 Å². The predicted octanol–water partition coefficient (Wildman–Crippen LogP) is 1.61. The lowest BCUT2D eigenvalue weighted by Crippen LogP contribution is -2.09. The van der Waals surface area contributed by atoms with Gasteiger partial charge in [-0.2, -0.15) is 0 Å². The maximum absolute atomic E-state index is 11.1. The highest BCUT2D eigenvalue weighted by Gasteiger charge is 2.46. The third kappa shape index (κ3) is 1.63. The van der Waals surface area contributed by atoms with E-state index < -0.39 is 6.10 Å². The first-order valence-electron chi connectivity index (χ1n) is 4.52. The summed E-state index contributed by atoms with van der Waals surface area (Å²) in [6.45, 7) is 2.02. The molecule has 1 aliphatic heterocycles. The number of hydrogen-bond donors (Lipinski definition) is 0. The summed E-state index contributed by atoms with van der Waals surface area (Å²) in [6, 6.07) is 7.96. The minimum atomic E-state index is -0.400. The average Bonchev–Trinajstić information content (AvgIpc) is 2.98. The Morgan fingerprint density at radius 1 is 1.36 bits per heavy atom. The van der Waals surface area contributed by atoms with Crippen molar-refractivity contribution in [3.8, 4) is 0 Å². The molecular weight excluding hydrogens is 180 g/mol. The van der Waals surface area contributed by atoms with E-state index in [0.29, 0.717) is 0 Å². The first-order chi connectivity index (χ1) is 6.72. The Bertz CT molecular complexity index is 342. The molecule has 2 atom stereocenters. The molecule has 1 fully saturated rings. The van der Waals surface area contributed by atoms with E-state index in [-0.39, 0.29) is 12.1 Å². The molecule has 3 heteroatoms. The average molecular weight is 192 g/mol. The smallest absolute Gasteiger partial charge is 0.338 e. The van der Waals surface area contributed by atoms with Crippen molar-refractivity contribution in [2.45, 2.75) is 19.1 Å². The lowest BCUT2D eigenvalue weighted by molar-refractivity contribution is -0.142. The van der Waals surface area contributed by atoms with Gasteiger partial charge >= 0.3 is 5.97 Å². The Labute approximate surface area is 82.6 Å². The van der Waals surface area contributed by atoms with Crippen LogP contribution in [-0.2, 0) is 14.3 Å². The van der Waals surface area contributed by atoms with E-state index in [2.05, 4.69) is 4.74 Å². The molecule has 0 unspecified atom stereocenters. The van der Waals surface area contributed by atoms with Gasteiger partial charge in [-0.3, -0.25) is 0 Å². The van der Waals surface area contributed by atoms with E-state index >= 15 is 0 Å². The van der Waals surface area contributed by atoms with Crippen molar-refractivity contribution >= 4 is 5.97 Å². The number of hydrogen-bond acceptors (Lipinski definition) is 3. The van der Waals surface area contributed by atoms with E-state index in [4.69, 9.17) is 4.74 Å². The number of esters is 1. The molecule has 0 saturated carbocycles. The number of rotatable bonds is 2. The van der Waals surface area contributed by atoms with Crippen molar-refractivity contribution in [1.29, 1.82) is 0 Å². The summed E-state index contributed by atoms with van der Waals surface area (Å²) in [4.78, 5) is 11.1. The summed E-state index contributed by atoms with van der Waals surface area (Å²) < 4.78 is 9.81. The summed E-state index contributed by atoms with van der Waals surface area (Å²) in [6.07, 6.45) is -0.509. The molecule has 74 valence electrons. The number of carbonyl (C=O) groups is 1. The molecule has 14 heavy (non-hydrogen) atoms. The van der Waals surface area contributed by atoms with Crippen LogP contribution in [0.5, 0.6) is 0 Å². The molecule has 1 aliphatic rings. The van der Waals surface area contributed by atoms with Crippen LogP contribution in [0.15, 0.2) is 24.3 Å². The van der Waals surface area contributed by atoms with Gasteiger partial charge in [0.1, 0.15) is 6.10 Å². The number of ether oxygens (including phenoxy) is 2. The predicted molar refractivity (Wildman–Crippen MR) is 50.8 cm³/mol. The standard InChI is InChI=1S/C11H12O3/c1-7-3-5-8(6-4-7)9-10(14-9)11(12)13-2/h3-6,9-10H,1-2H3/t9-,10-/m0/s1.